The van der Waals surface area contributed by atoms with Gasteiger partial charge in [-0.05, 0) is 18.9 Å². The molecule has 0 bridgehead atoms. The maximum Gasteiger partial charge on any atom is 0.227 e. The van der Waals surface area contributed by atoms with Gasteiger partial charge in [0.05, 0.1) is 6.61 Å². The van der Waals surface area contributed by atoms with E-state index in [1.165, 1.54) is 0 Å². The highest BCUT2D eigenvalue weighted by Gasteiger charge is 2.26. The van der Waals surface area contributed by atoms with Crippen LogP contribution in [-0.4, -0.2) is 46.3 Å². The van der Waals surface area contributed by atoms with Gasteiger partial charge >= 0.3 is 0 Å². The number of nitrogens with zero attached hydrogens (tertiary/aromatic N) is 5. The molecule has 0 saturated carbocycles. The zero-order valence-electron chi connectivity index (χ0n) is 12.9. The zero-order valence-corrected chi connectivity index (χ0v) is 12.9. The SMILES string of the molecule is COCCn1ccnc1C1CCCN(c2nccc(N)n2)C1. The Morgan fingerprint density at radius 3 is 3.09 bits per heavy atom. The van der Waals surface area contributed by atoms with Crippen molar-refractivity contribution >= 4 is 11.8 Å². The second-order valence-electron chi connectivity index (χ2n) is 5.54. The summed E-state index contributed by atoms with van der Waals surface area (Å²) < 4.78 is 7.35. The molecule has 3 rings (SSSR count). The Morgan fingerprint density at radius 2 is 2.27 bits per heavy atom. The Balaban J connectivity index is 1.74. The van der Waals surface area contributed by atoms with Gasteiger partial charge in [0.25, 0.3) is 0 Å². The van der Waals surface area contributed by atoms with Crippen molar-refractivity contribution in [1.29, 1.82) is 0 Å². The van der Waals surface area contributed by atoms with Gasteiger partial charge in [0, 0.05) is 51.3 Å². The highest BCUT2D eigenvalue weighted by molar-refractivity contribution is 5.38. The van der Waals surface area contributed by atoms with Crippen LogP contribution >= 0.6 is 0 Å². The lowest BCUT2D eigenvalue weighted by Crippen LogP contribution is -2.36. The molecule has 1 aliphatic heterocycles. The number of aromatic nitrogens is 4. The molecule has 118 valence electrons. The molecule has 1 atom stereocenters. The van der Waals surface area contributed by atoms with E-state index in [1.807, 2.05) is 12.4 Å². The lowest BCUT2D eigenvalue weighted by molar-refractivity contribution is 0.185. The standard InChI is InChI=1S/C15H22N6O/c1-22-10-9-20-8-6-17-14(20)12-3-2-7-21(11-12)15-18-5-4-13(16)19-15/h4-6,8,12H,2-3,7,9-11H2,1H3,(H2,16,18,19). The third-order valence-electron chi connectivity index (χ3n) is 4.02. The van der Waals surface area contributed by atoms with Crippen molar-refractivity contribution in [1.82, 2.24) is 19.5 Å². The highest BCUT2D eigenvalue weighted by atomic mass is 16.5. The lowest BCUT2D eigenvalue weighted by Gasteiger charge is -2.32. The van der Waals surface area contributed by atoms with E-state index in [4.69, 9.17) is 10.5 Å². The Morgan fingerprint density at radius 1 is 1.36 bits per heavy atom. The summed E-state index contributed by atoms with van der Waals surface area (Å²) in [6, 6.07) is 1.71. The summed E-state index contributed by atoms with van der Waals surface area (Å²) in [5.41, 5.74) is 5.77. The Bertz CT molecular complexity index is 614. The Kier molecular flexibility index (Phi) is 4.53. The van der Waals surface area contributed by atoms with E-state index in [1.54, 1.807) is 19.4 Å². The largest absolute Gasteiger partial charge is 0.384 e. The van der Waals surface area contributed by atoms with Crippen LogP contribution in [0.15, 0.2) is 24.7 Å². The molecule has 1 aliphatic rings. The fourth-order valence-electron chi connectivity index (χ4n) is 2.94. The minimum absolute atomic E-state index is 0.380. The first kappa shape index (κ1) is 14.8. The van der Waals surface area contributed by atoms with Crippen LogP contribution in [0.3, 0.4) is 0 Å². The quantitative estimate of drug-likeness (QED) is 0.896. The van der Waals surface area contributed by atoms with Crippen molar-refractivity contribution < 1.29 is 4.74 Å². The van der Waals surface area contributed by atoms with Crippen LogP contribution in [0.5, 0.6) is 0 Å². The molecule has 0 radical (unpaired) electrons. The van der Waals surface area contributed by atoms with Crippen LogP contribution in [0.1, 0.15) is 24.6 Å². The third-order valence-corrected chi connectivity index (χ3v) is 4.02. The fraction of sp³-hybridized carbons (Fsp3) is 0.533. The Labute approximate surface area is 130 Å². The van der Waals surface area contributed by atoms with Crippen molar-refractivity contribution in [2.24, 2.45) is 0 Å². The minimum atomic E-state index is 0.380. The molecule has 7 heteroatoms. The highest BCUT2D eigenvalue weighted by Crippen LogP contribution is 2.27. The van der Waals surface area contributed by atoms with Crippen molar-refractivity contribution in [3.05, 3.63) is 30.5 Å². The molecule has 0 amide bonds. The molecule has 3 heterocycles. The molecular weight excluding hydrogens is 280 g/mol. The van der Waals surface area contributed by atoms with Gasteiger partial charge in [-0.3, -0.25) is 0 Å². The number of hydrogen-bond donors (Lipinski definition) is 1. The van der Waals surface area contributed by atoms with Gasteiger partial charge in [-0.1, -0.05) is 0 Å². The second kappa shape index (κ2) is 6.74. The van der Waals surface area contributed by atoms with Crippen LogP contribution in [0, 0.1) is 0 Å². The van der Waals surface area contributed by atoms with E-state index >= 15 is 0 Å². The summed E-state index contributed by atoms with van der Waals surface area (Å²) in [6.07, 6.45) is 7.81. The monoisotopic (exact) mass is 302 g/mol. The molecule has 2 aromatic heterocycles. The molecule has 7 nitrogen and oxygen atoms in total. The molecule has 2 aromatic rings. The average Bonchev–Trinajstić information content (AvgIpc) is 3.01. The van der Waals surface area contributed by atoms with Crippen LogP contribution < -0.4 is 10.6 Å². The molecule has 1 saturated heterocycles. The van der Waals surface area contributed by atoms with Gasteiger partial charge in [0.15, 0.2) is 0 Å². The number of nitrogens with two attached hydrogens (primary N) is 1. The predicted molar refractivity (Wildman–Crippen MR) is 84.7 cm³/mol. The van der Waals surface area contributed by atoms with Gasteiger partial charge < -0.3 is 19.9 Å². The Hall–Kier alpha value is -2.15. The van der Waals surface area contributed by atoms with Crippen molar-refractivity contribution in [3.63, 3.8) is 0 Å². The van der Waals surface area contributed by atoms with E-state index in [2.05, 4.69) is 24.4 Å². The van der Waals surface area contributed by atoms with Gasteiger partial charge in [0.1, 0.15) is 11.6 Å². The summed E-state index contributed by atoms with van der Waals surface area (Å²) in [5.74, 6) is 2.71. The zero-order chi connectivity index (χ0) is 15.4. The topological polar surface area (TPSA) is 82.1 Å². The first-order valence-corrected chi connectivity index (χ1v) is 7.61. The van der Waals surface area contributed by atoms with E-state index in [0.29, 0.717) is 24.3 Å². The minimum Gasteiger partial charge on any atom is -0.384 e. The molecule has 0 spiro atoms. The van der Waals surface area contributed by atoms with E-state index in [-0.39, 0.29) is 0 Å². The summed E-state index contributed by atoms with van der Waals surface area (Å²) in [7, 11) is 1.72. The van der Waals surface area contributed by atoms with Crippen LogP contribution in [0.2, 0.25) is 0 Å². The number of ether oxygens (including phenoxy) is 1. The number of anilines is 2. The number of piperidine rings is 1. The second-order valence-corrected chi connectivity index (χ2v) is 5.54. The van der Waals surface area contributed by atoms with Gasteiger partial charge in [-0.2, -0.15) is 4.98 Å². The summed E-state index contributed by atoms with van der Waals surface area (Å²) in [6.45, 7) is 3.35. The first-order chi connectivity index (χ1) is 10.8. The predicted octanol–water partition coefficient (Wildman–Crippen LogP) is 1.29. The van der Waals surface area contributed by atoms with Crippen LogP contribution in [-0.2, 0) is 11.3 Å². The number of methoxy groups -OCH3 is 1. The number of nitrogen functional groups attached to an aromatic ring is 1. The van der Waals surface area contributed by atoms with Gasteiger partial charge in [-0.25, -0.2) is 9.97 Å². The van der Waals surface area contributed by atoms with Crippen LogP contribution in [0.25, 0.3) is 0 Å². The van der Waals surface area contributed by atoms with E-state index < -0.39 is 0 Å². The molecule has 0 aromatic carbocycles. The lowest BCUT2D eigenvalue weighted by atomic mass is 9.97. The normalized spacial score (nSPS) is 18.6. The first-order valence-electron chi connectivity index (χ1n) is 7.61. The smallest absolute Gasteiger partial charge is 0.227 e. The fourth-order valence-corrected chi connectivity index (χ4v) is 2.94. The summed E-state index contributed by atoms with van der Waals surface area (Å²) >= 11 is 0. The molecular formula is C15H22N6O. The molecule has 2 N–H and O–H groups in total. The van der Waals surface area contributed by atoms with Crippen molar-refractivity contribution in [2.45, 2.75) is 25.3 Å². The maximum atomic E-state index is 5.77. The van der Waals surface area contributed by atoms with E-state index in [0.717, 1.165) is 38.3 Å². The number of hydrogen-bond acceptors (Lipinski definition) is 6. The van der Waals surface area contributed by atoms with Gasteiger partial charge in [0.2, 0.25) is 5.95 Å². The molecule has 1 unspecified atom stereocenters. The average molecular weight is 302 g/mol. The van der Waals surface area contributed by atoms with Crippen molar-refractivity contribution in [3.8, 4) is 0 Å². The molecule has 1 fully saturated rings. The summed E-state index contributed by atoms with van der Waals surface area (Å²) in [5, 5.41) is 0. The van der Waals surface area contributed by atoms with Crippen molar-refractivity contribution in [2.75, 3.05) is 37.4 Å². The molecule has 22 heavy (non-hydrogen) atoms. The summed E-state index contributed by atoms with van der Waals surface area (Å²) in [4.78, 5) is 15.4. The molecule has 0 aliphatic carbocycles. The van der Waals surface area contributed by atoms with Crippen LogP contribution in [0.4, 0.5) is 11.8 Å². The van der Waals surface area contributed by atoms with Gasteiger partial charge in [-0.15, -0.1) is 0 Å². The number of imidazole rings is 1. The third kappa shape index (κ3) is 3.19. The number of rotatable bonds is 5. The van der Waals surface area contributed by atoms with E-state index in [9.17, 15) is 0 Å². The maximum absolute atomic E-state index is 5.77.